The Hall–Kier alpha value is -2.39. The summed E-state index contributed by atoms with van der Waals surface area (Å²) in [6.45, 7) is 5.05. The van der Waals surface area contributed by atoms with Gasteiger partial charge in [0.2, 0.25) is 0 Å². The van der Waals surface area contributed by atoms with Gasteiger partial charge in [-0.1, -0.05) is 0 Å². The average Bonchev–Trinajstić information content (AvgIpc) is 3.18. The molecule has 0 unspecified atom stereocenters. The van der Waals surface area contributed by atoms with Crippen LogP contribution in [-0.4, -0.2) is 39.3 Å². The summed E-state index contributed by atoms with van der Waals surface area (Å²) in [6, 6.07) is 4.65. The minimum absolute atomic E-state index is 0.00450. The first-order chi connectivity index (χ1) is 12.3. The van der Waals surface area contributed by atoms with E-state index in [0.717, 1.165) is 0 Å². The van der Waals surface area contributed by atoms with Crippen molar-refractivity contribution in [1.82, 2.24) is 24.3 Å². The van der Waals surface area contributed by atoms with E-state index >= 15 is 0 Å². The summed E-state index contributed by atoms with van der Waals surface area (Å²) in [5.41, 5.74) is 1.24. The maximum atomic E-state index is 11.7. The summed E-state index contributed by atoms with van der Waals surface area (Å²) in [5.74, 6) is 1.83. The van der Waals surface area contributed by atoms with Crippen LogP contribution in [0.15, 0.2) is 35.6 Å². The third-order valence-electron chi connectivity index (χ3n) is 4.13. The van der Waals surface area contributed by atoms with Gasteiger partial charge in [-0.15, -0.1) is 0 Å². The topological polar surface area (TPSA) is 91.9 Å². The van der Waals surface area contributed by atoms with Gasteiger partial charge in [0, 0.05) is 22.9 Å². The minimum Gasteiger partial charge on any atom is -0.491 e. The average molecular weight is 394 g/mol. The zero-order chi connectivity index (χ0) is 18.5. The van der Waals surface area contributed by atoms with Crippen LogP contribution in [0.5, 0.6) is 5.75 Å². The van der Waals surface area contributed by atoms with E-state index in [1.807, 2.05) is 24.6 Å². The summed E-state index contributed by atoms with van der Waals surface area (Å²) in [4.78, 5) is 9.00. The molecular weight excluding hydrogens is 378 g/mol. The SMILES string of the molecule is CC(C)n1ncnc1-c1cn2c(n1)-c1cc(S(=O)(=O)Cl)ccc1OCC2. The Morgan fingerprint density at radius 2 is 2.08 bits per heavy atom. The molecule has 0 radical (unpaired) electrons. The molecule has 0 saturated carbocycles. The highest BCUT2D eigenvalue weighted by Gasteiger charge is 2.23. The van der Waals surface area contributed by atoms with E-state index in [-0.39, 0.29) is 10.9 Å². The largest absolute Gasteiger partial charge is 0.491 e. The van der Waals surface area contributed by atoms with Crippen molar-refractivity contribution in [2.24, 2.45) is 0 Å². The molecule has 4 rings (SSSR count). The fourth-order valence-electron chi connectivity index (χ4n) is 2.94. The van der Waals surface area contributed by atoms with Gasteiger partial charge in [-0.25, -0.2) is 23.1 Å². The fraction of sp³-hybridized carbons (Fsp3) is 0.312. The van der Waals surface area contributed by atoms with Gasteiger partial charge in [0.05, 0.1) is 17.0 Å². The van der Waals surface area contributed by atoms with Crippen LogP contribution in [0.25, 0.3) is 22.9 Å². The number of nitrogens with zero attached hydrogens (tertiary/aromatic N) is 5. The maximum absolute atomic E-state index is 11.7. The van der Waals surface area contributed by atoms with Crippen LogP contribution in [0, 0.1) is 0 Å². The Morgan fingerprint density at radius 3 is 2.81 bits per heavy atom. The molecule has 2 aromatic heterocycles. The number of hydrogen-bond donors (Lipinski definition) is 0. The Morgan fingerprint density at radius 1 is 1.27 bits per heavy atom. The number of benzene rings is 1. The van der Waals surface area contributed by atoms with Gasteiger partial charge in [0.1, 0.15) is 30.2 Å². The van der Waals surface area contributed by atoms with E-state index in [1.165, 1.54) is 18.5 Å². The quantitative estimate of drug-likeness (QED) is 0.635. The second-order valence-corrected chi connectivity index (χ2v) is 8.78. The molecule has 0 atom stereocenters. The van der Waals surface area contributed by atoms with Gasteiger partial charge in [-0.2, -0.15) is 5.10 Å². The molecule has 1 aliphatic heterocycles. The van der Waals surface area contributed by atoms with Gasteiger partial charge in [0.15, 0.2) is 5.82 Å². The Kier molecular flexibility index (Phi) is 4.00. The lowest BCUT2D eigenvalue weighted by Gasteiger charge is -2.08. The molecule has 26 heavy (non-hydrogen) atoms. The van der Waals surface area contributed by atoms with Crippen LogP contribution >= 0.6 is 10.7 Å². The van der Waals surface area contributed by atoms with Crippen molar-refractivity contribution < 1.29 is 13.2 Å². The second-order valence-electron chi connectivity index (χ2n) is 6.21. The molecule has 0 fully saturated rings. The minimum atomic E-state index is -3.85. The van der Waals surface area contributed by atoms with Crippen LogP contribution in [0.3, 0.4) is 0 Å². The van der Waals surface area contributed by atoms with Crippen LogP contribution in [0.2, 0.25) is 0 Å². The lowest BCUT2D eigenvalue weighted by atomic mass is 10.2. The van der Waals surface area contributed by atoms with Gasteiger partial charge in [0.25, 0.3) is 9.05 Å². The van der Waals surface area contributed by atoms with E-state index in [1.54, 1.807) is 10.7 Å². The number of hydrogen-bond acceptors (Lipinski definition) is 6. The molecule has 0 saturated heterocycles. The zero-order valence-electron chi connectivity index (χ0n) is 14.1. The molecule has 0 aliphatic carbocycles. The second kappa shape index (κ2) is 6.10. The summed E-state index contributed by atoms with van der Waals surface area (Å²) >= 11 is 0. The predicted octanol–water partition coefficient (Wildman–Crippen LogP) is 2.71. The Labute approximate surface area is 154 Å². The van der Waals surface area contributed by atoms with Gasteiger partial charge in [-0.3, -0.25) is 0 Å². The van der Waals surface area contributed by atoms with E-state index in [4.69, 9.17) is 15.4 Å². The number of halogens is 1. The molecular formula is C16H16ClN5O3S. The van der Waals surface area contributed by atoms with Gasteiger partial charge in [-0.05, 0) is 32.0 Å². The molecule has 10 heteroatoms. The third kappa shape index (κ3) is 2.86. The molecule has 8 nitrogen and oxygen atoms in total. The molecule has 0 spiro atoms. The highest BCUT2D eigenvalue weighted by atomic mass is 35.7. The smallest absolute Gasteiger partial charge is 0.261 e. The van der Waals surface area contributed by atoms with Crippen LogP contribution in [0.1, 0.15) is 19.9 Å². The highest BCUT2D eigenvalue weighted by molar-refractivity contribution is 8.13. The number of fused-ring (bicyclic) bond motifs is 3. The molecule has 3 aromatic rings. The van der Waals surface area contributed by atoms with Crippen LogP contribution < -0.4 is 4.74 Å². The molecule has 1 aliphatic rings. The Bertz CT molecular complexity index is 1090. The number of ether oxygens (including phenoxy) is 1. The van der Waals surface area contributed by atoms with Crippen molar-refractivity contribution in [3.8, 4) is 28.7 Å². The first-order valence-corrected chi connectivity index (χ1v) is 10.3. The molecule has 136 valence electrons. The molecule has 0 amide bonds. The molecule has 1 aromatic carbocycles. The van der Waals surface area contributed by atoms with Crippen molar-refractivity contribution >= 4 is 19.7 Å². The van der Waals surface area contributed by atoms with Crippen LogP contribution in [-0.2, 0) is 15.6 Å². The summed E-state index contributed by atoms with van der Waals surface area (Å²) < 4.78 is 32.8. The first kappa shape index (κ1) is 17.0. The third-order valence-corrected chi connectivity index (χ3v) is 5.48. The normalized spacial score (nSPS) is 13.8. The van der Waals surface area contributed by atoms with Crippen molar-refractivity contribution in [3.63, 3.8) is 0 Å². The van der Waals surface area contributed by atoms with E-state index in [2.05, 4.69) is 15.1 Å². The zero-order valence-corrected chi connectivity index (χ0v) is 15.7. The summed E-state index contributed by atoms with van der Waals surface area (Å²) in [5, 5.41) is 4.24. The monoisotopic (exact) mass is 393 g/mol. The highest BCUT2D eigenvalue weighted by Crippen LogP contribution is 2.36. The molecule has 0 N–H and O–H groups in total. The van der Waals surface area contributed by atoms with Crippen molar-refractivity contribution in [2.75, 3.05) is 6.61 Å². The lowest BCUT2D eigenvalue weighted by Crippen LogP contribution is -2.06. The number of rotatable bonds is 3. The maximum Gasteiger partial charge on any atom is 0.261 e. The Balaban J connectivity index is 1.89. The molecule has 3 heterocycles. The first-order valence-electron chi connectivity index (χ1n) is 8.03. The standard InChI is InChI=1S/C16H16ClN5O3S/c1-10(2)22-16(18-9-19-22)13-8-21-5-6-25-14-4-3-11(26(17,23)24)7-12(14)15(21)20-13/h3-4,7-10H,5-6H2,1-2H3. The van der Waals surface area contributed by atoms with Crippen molar-refractivity contribution in [2.45, 2.75) is 31.3 Å². The van der Waals surface area contributed by atoms with E-state index < -0.39 is 9.05 Å². The van der Waals surface area contributed by atoms with Gasteiger partial charge < -0.3 is 9.30 Å². The fourth-order valence-corrected chi connectivity index (χ4v) is 3.71. The van der Waals surface area contributed by atoms with E-state index in [9.17, 15) is 8.42 Å². The number of aromatic nitrogens is 5. The predicted molar refractivity (Wildman–Crippen MR) is 95.6 cm³/mol. The number of imidazole rings is 1. The van der Waals surface area contributed by atoms with Gasteiger partial charge >= 0.3 is 0 Å². The van der Waals surface area contributed by atoms with E-state index in [0.29, 0.717) is 41.8 Å². The lowest BCUT2D eigenvalue weighted by molar-refractivity contribution is 0.306. The van der Waals surface area contributed by atoms with Crippen molar-refractivity contribution in [3.05, 3.63) is 30.7 Å². The summed E-state index contributed by atoms with van der Waals surface area (Å²) in [7, 11) is 1.64. The van der Waals surface area contributed by atoms with Crippen molar-refractivity contribution in [1.29, 1.82) is 0 Å². The molecule has 0 bridgehead atoms. The van der Waals surface area contributed by atoms with Crippen LogP contribution in [0.4, 0.5) is 0 Å². The summed E-state index contributed by atoms with van der Waals surface area (Å²) in [6.07, 6.45) is 3.37.